The summed E-state index contributed by atoms with van der Waals surface area (Å²) in [6.45, 7) is 0. The highest BCUT2D eigenvalue weighted by atomic mass is 32.2. The lowest BCUT2D eigenvalue weighted by molar-refractivity contribution is -0.146. The molecule has 0 bridgehead atoms. The molecular weight excluding hydrogens is 244 g/mol. The number of nitrogens with one attached hydrogen (secondary N) is 1. The summed E-state index contributed by atoms with van der Waals surface area (Å²) in [5.41, 5.74) is 0. The van der Waals surface area contributed by atoms with Crippen molar-refractivity contribution in [3.05, 3.63) is 0 Å². The topological polar surface area (TPSA) is 83.6 Å². The summed E-state index contributed by atoms with van der Waals surface area (Å²) in [4.78, 5) is 24.5. The van der Waals surface area contributed by atoms with Gasteiger partial charge in [0.2, 0.25) is 0 Å². The zero-order valence-corrected chi connectivity index (χ0v) is 10.5. The van der Waals surface area contributed by atoms with Gasteiger partial charge in [-0.05, 0) is 19.3 Å². The second-order valence-corrected chi connectivity index (χ2v) is 6.95. The van der Waals surface area contributed by atoms with E-state index in [9.17, 15) is 18.0 Å². The van der Waals surface area contributed by atoms with Crippen molar-refractivity contribution >= 4 is 21.7 Å². The van der Waals surface area contributed by atoms with Gasteiger partial charge >= 0.3 is 11.8 Å². The Morgan fingerprint density at radius 3 is 2.35 bits per heavy atom. The average Bonchev–Trinajstić information content (AvgIpc) is 2.99. The molecule has 0 aromatic rings. The van der Waals surface area contributed by atoms with Crippen LogP contribution in [0.4, 0.5) is 0 Å². The Bertz CT molecular complexity index is 441. The predicted octanol–water partition coefficient (Wildman–Crippen LogP) is -1.09. The number of nitrogens with zero attached hydrogens (tertiary/aromatic N) is 1. The summed E-state index contributed by atoms with van der Waals surface area (Å²) in [5, 5.41) is 2.60. The molecule has 2 fully saturated rings. The molecule has 1 aliphatic heterocycles. The third-order valence-corrected chi connectivity index (χ3v) is 4.93. The molecule has 96 valence electrons. The number of likely N-dealkylation sites (N-methyl/N-ethyl adjacent to an activating group) is 1. The molecule has 1 heterocycles. The van der Waals surface area contributed by atoms with Crippen LogP contribution in [0, 0.1) is 0 Å². The van der Waals surface area contributed by atoms with Crippen LogP contribution in [-0.4, -0.2) is 55.8 Å². The highest BCUT2D eigenvalue weighted by Crippen LogP contribution is 2.19. The Morgan fingerprint density at radius 2 is 1.88 bits per heavy atom. The molecule has 2 aliphatic rings. The molecule has 0 aromatic carbocycles. The van der Waals surface area contributed by atoms with E-state index in [1.54, 1.807) is 0 Å². The van der Waals surface area contributed by atoms with E-state index in [0.717, 1.165) is 12.8 Å². The van der Waals surface area contributed by atoms with Crippen LogP contribution >= 0.6 is 0 Å². The van der Waals surface area contributed by atoms with Gasteiger partial charge in [0, 0.05) is 19.1 Å². The molecule has 7 heteroatoms. The van der Waals surface area contributed by atoms with Gasteiger partial charge < -0.3 is 10.2 Å². The van der Waals surface area contributed by atoms with Crippen molar-refractivity contribution in [3.8, 4) is 0 Å². The molecular formula is C10H16N2O4S. The van der Waals surface area contributed by atoms with Gasteiger partial charge in [-0.15, -0.1) is 0 Å². The maximum atomic E-state index is 11.7. The summed E-state index contributed by atoms with van der Waals surface area (Å²) in [6.07, 6.45) is 2.25. The first-order chi connectivity index (χ1) is 7.89. The van der Waals surface area contributed by atoms with Gasteiger partial charge in [0.25, 0.3) is 0 Å². The number of hydrogen-bond acceptors (Lipinski definition) is 4. The van der Waals surface area contributed by atoms with Crippen molar-refractivity contribution < 1.29 is 18.0 Å². The molecule has 0 aromatic heterocycles. The van der Waals surface area contributed by atoms with E-state index >= 15 is 0 Å². The minimum Gasteiger partial charge on any atom is -0.345 e. The van der Waals surface area contributed by atoms with E-state index in [1.807, 2.05) is 0 Å². The molecule has 1 saturated heterocycles. The quantitative estimate of drug-likeness (QED) is 0.640. The summed E-state index contributed by atoms with van der Waals surface area (Å²) in [5.74, 6) is -1.20. The molecule has 1 atom stereocenters. The molecule has 1 N–H and O–H groups in total. The largest absolute Gasteiger partial charge is 0.345 e. The van der Waals surface area contributed by atoms with Crippen LogP contribution in [0.5, 0.6) is 0 Å². The lowest BCUT2D eigenvalue weighted by atomic mass is 10.2. The van der Waals surface area contributed by atoms with Crippen molar-refractivity contribution in [3.63, 3.8) is 0 Å². The number of amides is 2. The molecule has 2 rings (SSSR count). The van der Waals surface area contributed by atoms with Gasteiger partial charge in [-0.3, -0.25) is 9.59 Å². The van der Waals surface area contributed by atoms with Crippen molar-refractivity contribution in [2.24, 2.45) is 0 Å². The second-order valence-electron chi connectivity index (χ2n) is 4.72. The fourth-order valence-electron chi connectivity index (χ4n) is 1.88. The van der Waals surface area contributed by atoms with Gasteiger partial charge in [-0.25, -0.2) is 8.42 Å². The first-order valence-electron chi connectivity index (χ1n) is 5.67. The van der Waals surface area contributed by atoms with E-state index in [-0.39, 0.29) is 23.6 Å². The van der Waals surface area contributed by atoms with Crippen LogP contribution in [0.15, 0.2) is 0 Å². The SMILES string of the molecule is CN(C(=O)C(=O)NC1CC1)C1CCS(=O)(=O)C1. The molecule has 1 saturated carbocycles. The first-order valence-corrected chi connectivity index (χ1v) is 7.49. The van der Waals surface area contributed by atoms with Gasteiger partial charge in [-0.1, -0.05) is 0 Å². The average molecular weight is 260 g/mol. The van der Waals surface area contributed by atoms with E-state index in [2.05, 4.69) is 5.32 Å². The third kappa shape index (κ3) is 2.96. The Hall–Kier alpha value is -1.11. The Kier molecular flexibility index (Phi) is 3.11. The number of carbonyl (C=O) groups is 2. The van der Waals surface area contributed by atoms with Crippen molar-refractivity contribution in [1.82, 2.24) is 10.2 Å². The molecule has 0 radical (unpaired) electrons. The second kappa shape index (κ2) is 4.29. The molecule has 0 spiro atoms. The highest BCUT2D eigenvalue weighted by molar-refractivity contribution is 7.91. The minimum absolute atomic E-state index is 0.0358. The normalized spacial score (nSPS) is 26.5. The van der Waals surface area contributed by atoms with Crippen LogP contribution < -0.4 is 5.32 Å². The summed E-state index contributed by atoms with van der Waals surface area (Å²) < 4.78 is 22.6. The zero-order chi connectivity index (χ0) is 12.6. The molecule has 17 heavy (non-hydrogen) atoms. The van der Waals surface area contributed by atoms with E-state index in [4.69, 9.17) is 0 Å². The first kappa shape index (κ1) is 12.3. The molecule has 6 nitrogen and oxygen atoms in total. The van der Waals surface area contributed by atoms with Gasteiger partial charge in [0.15, 0.2) is 9.84 Å². The van der Waals surface area contributed by atoms with Crippen molar-refractivity contribution in [2.75, 3.05) is 18.6 Å². The van der Waals surface area contributed by atoms with Gasteiger partial charge in [-0.2, -0.15) is 0 Å². The van der Waals surface area contributed by atoms with Crippen LogP contribution in [0.2, 0.25) is 0 Å². The number of rotatable bonds is 2. The van der Waals surface area contributed by atoms with Gasteiger partial charge in [0.1, 0.15) is 0 Å². The standard InChI is InChI=1S/C10H16N2O4S/c1-12(8-4-5-17(15,16)6-8)10(14)9(13)11-7-2-3-7/h7-8H,2-6H2,1H3,(H,11,13). The molecule has 1 aliphatic carbocycles. The minimum atomic E-state index is -3.04. The summed E-state index contributed by atoms with van der Waals surface area (Å²) in [6, 6.07) is -0.232. The Labute approximate surface area is 100 Å². The third-order valence-electron chi connectivity index (χ3n) is 3.18. The fourth-order valence-corrected chi connectivity index (χ4v) is 3.66. The van der Waals surface area contributed by atoms with Crippen molar-refractivity contribution in [2.45, 2.75) is 31.3 Å². The zero-order valence-electron chi connectivity index (χ0n) is 9.68. The smallest absolute Gasteiger partial charge is 0.311 e. The lowest BCUT2D eigenvalue weighted by Crippen LogP contribution is -2.46. The number of carbonyl (C=O) groups excluding carboxylic acids is 2. The highest BCUT2D eigenvalue weighted by Gasteiger charge is 2.35. The summed E-state index contributed by atoms with van der Waals surface area (Å²) in [7, 11) is -1.55. The van der Waals surface area contributed by atoms with E-state index < -0.39 is 21.7 Å². The maximum Gasteiger partial charge on any atom is 0.311 e. The van der Waals surface area contributed by atoms with Crippen LogP contribution in [0.3, 0.4) is 0 Å². The fraction of sp³-hybridized carbons (Fsp3) is 0.800. The Morgan fingerprint density at radius 1 is 1.24 bits per heavy atom. The van der Waals surface area contributed by atoms with E-state index in [1.165, 1.54) is 11.9 Å². The van der Waals surface area contributed by atoms with Crippen LogP contribution in [-0.2, 0) is 19.4 Å². The number of hydrogen-bond donors (Lipinski definition) is 1. The van der Waals surface area contributed by atoms with Crippen LogP contribution in [0.1, 0.15) is 19.3 Å². The van der Waals surface area contributed by atoms with Crippen molar-refractivity contribution in [1.29, 1.82) is 0 Å². The predicted molar refractivity (Wildman–Crippen MR) is 61.0 cm³/mol. The number of sulfone groups is 1. The lowest BCUT2D eigenvalue weighted by Gasteiger charge is -2.22. The Balaban J connectivity index is 1.92. The molecule has 1 unspecified atom stereocenters. The monoisotopic (exact) mass is 260 g/mol. The van der Waals surface area contributed by atoms with Gasteiger partial charge in [0.05, 0.1) is 11.5 Å². The van der Waals surface area contributed by atoms with E-state index in [0.29, 0.717) is 6.42 Å². The maximum absolute atomic E-state index is 11.7. The summed E-state index contributed by atoms with van der Waals surface area (Å²) >= 11 is 0. The molecule has 2 amide bonds. The van der Waals surface area contributed by atoms with Crippen LogP contribution in [0.25, 0.3) is 0 Å².